The minimum Gasteiger partial charge on any atom is -0.365 e. The van der Waals surface area contributed by atoms with Gasteiger partial charge in [0.25, 0.3) is 0 Å². The van der Waals surface area contributed by atoms with Gasteiger partial charge in [0.05, 0.1) is 0 Å². The first-order chi connectivity index (χ1) is 10.1. The summed E-state index contributed by atoms with van der Waals surface area (Å²) in [6, 6.07) is 4.65. The lowest BCUT2D eigenvalue weighted by molar-refractivity contribution is 0.196. The van der Waals surface area contributed by atoms with Crippen molar-refractivity contribution in [2.24, 2.45) is 0 Å². The first kappa shape index (κ1) is 14.8. The molecule has 2 nitrogen and oxygen atoms in total. The Hall–Kier alpha value is -1.16. The second kappa shape index (κ2) is 5.91. The second-order valence-electron chi connectivity index (χ2n) is 6.51. The quantitative estimate of drug-likeness (QED) is 0.891. The molecule has 2 fully saturated rings. The fourth-order valence-electron chi connectivity index (χ4n) is 3.85. The highest BCUT2D eigenvalue weighted by molar-refractivity contribution is 5.49. The molecule has 3 rings (SSSR count). The molecule has 1 N–H and O–H groups in total. The summed E-state index contributed by atoms with van der Waals surface area (Å²) < 4.78 is 26.8. The highest BCUT2D eigenvalue weighted by atomic mass is 19.2. The number of hydrogen-bond donors (Lipinski definition) is 1. The van der Waals surface area contributed by atoms with Crippen LogP contribution in [0.15, 0.2) is 18.2 Å². The van der Waals surface area contributed by atoms with Crippen LogP contribution in [0.4, 0.5) is 14.5 Å². The van der Waals surface area contributed by atoms with Crippen LogP contribution in [0.1, 0.15) is 45.4 Å². The molecule has 0 radical (unpaired) electrons. The number of rotatable bonds is 2. The highest BCUT2D eigenvalue weighted by Gasteiger charge is 2.39. The summed E-state index contributed by atoms with van der Waals surface area (Å²) in [4.78, 5) is 2.28. The molecular weight excluding hydrogens is 270 g/mol. The van der Waals surface area contributed by atoms with Gasteiger partial charge in [0.2, 0.25) is 0 Å². The van der Waals surface area contributed by atoms with Gasteiger partial charge in [0, 0.05) is 36.4 Å². The largest absolute Gasteiger partial charge is 0.365 e. The van der Waals surface area contributed by atoms with Gasteiger partial charge in [-0.3, -0.25) is 0 Å². The molecule has 0 aromatic heterocycles. The van der Waals surface area contributed by atoms with Crippen LogP contribution < -0.4 is 10.2 Å². The minimum absolute atomic E-state index is 0.161. The molecule has 1 atom stereocenters. The van der Waals surface area contributed by atoms with Crippen molar-refractivity contribution in [3.8, 4) is 0 Å². The van der Waals surface area contributed by atoms with Crippen molar-refractivity contribution < 1.29 is 8.78 Å². The molecule has 1 aliphatic carbocycles. The van der Waals surface area contributed by atoms with Crippen LogP contribution >= 0.6 is 0 Å². The number of benzene rings is 1. The van der Waals surface area contributed by atoms with Gasteiger partial charge in [-0.15, -0.1) is 0 Å². The Balaban J connectivity index is 1.86. The van der Waals surface area contributed by atoms with E-state index in [1.807, 2.05) is 0 Å². The molecule has 1 aromatic carbocycles. The zero-order valence-corrected chi connectivity index (χ0v) is 12.7. The van der Waals surface area contributed by atoms with E-state index in [-0.39, 0.29) is 5.54 Å². The predicted octanol–water partition coefficient (Wildman–Crippen LogP) is 3.86. The van der Waals surface area contributed by atoms with E-state index in [4.69, 9.17) is 0 Å². The zero-order valence-electron chi connectivity index (χ0n) is 12.7. The summed E-state index contributed by atoms with van der Waals surface area (Å²) in [6.45, 7) is 3.98. The lowest BCUT2D eigenvalue weighted by Gasteiger charge is -2.50. The summed E-state index contributed by atoms with van der Waals surface area (Å²) in [6.07, 6.45) is 7.20. The van der Waals surface area contributed by atoms with Crippen molar-refractivity contribution in [1.82, 2.24) is 5.32 Å². The monoisotopic (exact) mass is 294 g/mol. The topological polar surface area (TPSA) is 15.3 Å². The number of anilines is 1. The molecular formula is C17H24F2N2. The summed E-state index contributed by atoms with van der Waals surface area (Å²) in [5.74, 6) is -1.52. The molecule has 0 amide bonds. The molecule has 1 heterocycles. The SMILES string of the molecule is CCC1CNC2(CCCCC2)CN1c1ccc(F)c(F)c1. The average Bonchev–Trinajstić information content (AvgIpc) is 2.51. The van der Waals surface area contributed by atoms with Gasteiger partial charge in [-0.1, -0.05) is 26.2 Å². The molecule has 116 valence electrons. The third-order valence-corrected chi connectivity index (χ3v) is 5.14. The lowest BCUT2D eigenvalue weighted by Crippen LogP contribution is -2.65. The van der Waals surface area contributed by atoms with Crippen LogP contribution in [0.5, 0.6) is 0 Å². The number of hydrogen-bond acceptors (Lipinski definition) is 2. The van der Waals surface area contributed by atoms with E-state index in [2.05, 4.69) is 17.1 Å². The van der Waals surface area contributed by atoms with Crippen molar-refractivity contribution in [3.05, 3.63) is 29.8 Å². The first-order valence-electron chi connectivity index (χ1n) is 8.10. The van der Waals surface area contributed by atoms with E-state index in [0.29, 0.717) is 6.04 Å². The van der Waals surface area contributed by atoms with E-state index in [1.54, 1.807) is 6.07 Å². The normalized spacial score (nSPS) is 25.3. The number of nitrogens with one attached hydrogen (secondary N) is 1. The van der Waals surface area contributed by atoms with Crippen molar-refractivity contribution in [3.63, 3.8) is 0 Å². The van der Waals surface area contributed by atoms with Crippen molar-refractivity contribution >= 4 is 5.69 Å². The van der Waals surface area contributed by atoms with E-state index in [1.165, 1.54) is 44.2 Å². The maximum absolute atomic E-state index is 13.6. The molecule has 4 heteroatoms. The molecule has 1 aliphatic heterocycles. The summed E-state index contributed by atoms with van der Waals surface area (Å²) in [7, 11) is 0. The van der Waals surface area contributed by atoms with Gasteiger partial charge in [0.1, 0.15) is 0 Å². The van der Waals surface area contributed by atoms with Crippen molar-refractivity contribution in [2.45, 2.75) is 57.0 Å². The lowest BCUT2D eigenvalue weighted by atomic mass is 9.79. The maximum Gasteiger partial charge on any atom is 0.160 e. The van der Waals surface area contributed by atoms with Crippen LogP contribution in [-0.2, 0) is 0 Å². The van der Waals surface area contributed by atoms with Crippen molar-refractivity contribution in [1.29, 1.82) is 0 Å². The maximum atomic E-state index is 13.6. The summed E-state index contributed by atoms with van der Waals surface area (Å²) >= 11 is 0. The zero-order chi connectivity index (χ0) is 14.9. The molecule has 1 aromatic rings. The van der Waals surface area contributed by atoms with E-state index in [9.17, 15) is 8.78 Å². The van der Waals surface area contributed by atoms with Gasteiger partial charge < -0.3 is 10.2 Å². The minimum atomic E-state index is -0.769. The molecule has 1 spiro atoms. The summed E-state index contributed by atoms with van der Waals surface area (Å²) in [5, 5.41) is 3.75. The Morgan fingerprint density at radius 1 is 1.19 bits per heavy atom. The van der Waals surface area contributed by atoms with E-state index in [0.717, 1.165) is 25.2 Å². The Morgan fingerprint density at radius 3 is 2.62 bits per heavy atom. The third kappa shape index (κ3) is 2.91. The van der Waals surface area contributed by atoms with Gasteiger partial charge in [0.15, 0.2) is 11.6 Å². The molecule has 21 heavy (non-hydrogen) atoms. The average molecular weight is 294 g/mol. The molecule has 0 bridgehead atoms. The molecule has 1 saturated carbocycles. The van der Waals surface area contributed by atoms with Gasteiger partial charge in [-0.2, -0.15) is 0 Å². The van der Waals surface area contributed by atoms with E-state index >= 15 is 0 Å². The Kier molecular flexibility index (Phi) is 4.16. The van der Waals surface area contributed by atoms with Gasteiger partial charge in [-0.25, -0.2) is 8.78 Å². The standard InChI is InChI=1S/C17H24F2N2/c1-2-13-11-20-17(8-4-3-5-9-17)12-21(13)14-6-7-15(18)16(19)10-14/h6-7,10,13,20H,2-5,8-9,11-12H2,1H3. The van der Waals surface area contributed by atoms with Gasteiger partial charge >= 0.3 is 0 Å². The van der Waals surface area contributed by atoms with Crippen LogP contribution in [0.2, 0.25) is 0 Å². The predicted molar refractivity (Wildman–Crippen MR) is 81.6 cm³/mol. The Labute approximate surface area is 125 Å². The fourth-order valence-corrected chi connectivity index (χ4v) is 3.85. The van der Waals surface area contributed by atoms with Crippen molar-refractivity contribution in [2.75, 3.05) is 18.0 Å². The molecule has 1 saturated heterocycles. The van der Waals surface area contributed by atoms with Crippen LogP contribution in [0.25, 0.3) is 0 Å². The van der Waals surface area contributed by atoms with E-state index < -0.39 is 11.6 Å². The second-order valence-corrected chi connectivity index (χ2v) is 6.51. The summed E-state index contributed by atoms with van der Waals surface area (Å²) in [5.41, 5.74) is 0.974. The Bertz CT molecular complexity index is 498. The Morgan fingerprint density at radius 2 is 1.95 bits per heavy atom. The fraction of sp³-hybridized carbons (Fsp3) is 0.647. The highest BCUT2D eigenvalue weighted by Crippen LogP contribution is 2.34. The third-order valence-electron chi connectivity index (χ3n) is 5.14. The smallest absolute Gasteiger partial charge is 0.160 e. The number of piperazine rings is 1. The van der Waals surface area contributed by atoms with Crippen LogP contribution in [0.3, 0.4) is 0 Å². The molecule has 1 unspecified atom stereocenters. The van der Waals surface area contributed by atoms with Crippen LogP contribution in [-0.4, -0.2) is 24.7 Å². The number of nitrogens with zero attached hydrogens (tertiary/aromatic N) is 1. The first-order valence-corrected chi connectivity index (χ1v) is 8.10. The number of halogens is 2. The van der Waals surface area contributed by atoms with Crippen LogP contribution in [0, 0.1) is 11.6 Å². The molecule has 2 aliphatic rings. The van der Waals surface area contributed by atoms with Gasteiger partial charge in [-0.05, 0) is 31.4 Å².